The first-order chi connectivity index (χ1) is 16.9. The molecule has 0 heterocycles. The summed E-state index contributed by atoms with van der Waals surface area (Å²) in [6.45, 7) is 5.45. The number of carbonyl (C=O) groups excluding carboxylic acids is 2. The molecule has 0 spiro atoms. The first kappa shape index (κ1) is 29.5. The van der Waals surface area contributed by atoms with Crippen molar-refractivity contribution in [2.75, 3.05) is 31.5 Å². The summed E-state index contributed by atoms with van der Waals surface area (Å²) in [4.78, 5) is 28.1. The van der Waals surface area contributed by atoms with Crippen LogP contribution in [0.1, 0.15) is 32.8 Å². The van der Waals surface area contributed by atoms with Crippen LogP contribution in [0.2, 0.25) is 5.02 Å². The van der Waals surface area contributed by atoms with E-state index >= 15 is 0 Å². The maximum atomic E-state index is 14.7. The molecule has 0 saturated carbocycles. The summed E-state index contributed by atoms with van der Waals surface area (Å²) in [7, 11) is -1.64. The highest BCUT2D eigenvalue weighted by Crippen LogP contribution is 2.24. The highest BCUT2D eigenvalue weighted by atomic mass is 35.5. The molecule has 2 aromatic carbocycles. The molecule has 0 radical (unpaired) electrons. The van der Waals surface area contributed by atoms with E-state index in [1.165, 1.54) is 37.2 Å². The molecule has 0 aliphatic carbocycles. The molecule has 0 aromatic heterocycles. The predicted molar refractivity (Wildman–Crippen MR) is 140 cm³/mol. The summed E-state index contributed by atoms with van der Waals surface area (Å²) in [5, 5.41) is 3.37. The molecule has 0 bridgehead atoms. The summed E-state index contributed by atoms with van der Waals surface area (Å²) in [6.07, 6.45) is 0.295. The molecule has 8 nitrogen and oxygen atoms in total. The number of hydrogen-bond donors (Lipinski definition) is 1. The van der Waals surface area contributed by atoms with Crippen molar-refractivity contribution >= 4 is 39.3 Å². The normalized spacial score (nSPS) is 12.5. The number of para-hydroxylation sites is 1. The lowest BCUT2D eigenvalue weighted by atomic mass is 10.1. The van der Waals surface area contributed by atoms with Gasteiger partial charge in [-0.15, -0.1) is 0 Å². The van der Waals surface area contributed by atoms with Gasteiger partial charge in [0.25, 0.3) is 0 Å². The van der Waals surface area contributed by atoms with Crippen LogP contribution in [0.25, 0.3) is 0 Å². The third-order valence-electron chi connectivity index (χ3n) is 5.48. The van der Waals surface area contributed by atoms with Crippen LogP contribution in [0.3, 0.4) is 0 Å². The van der Waals surface area contributed by atoms with Gasteiger partial charge in [0, 0.05) is 32.2 Å². The molecule has 0 fully saturated rings. The summed E-state index contributed by atoms with van der Waals surface area (Å²) in [5.74, 6) is -1.58. The Morgan fingerprint density at radius 3 is 2.19 bits per heavy atom. The lowest BCUT2D eigenvalue weighted by Gasteiger charge is -2.34. The fourth-order valence-corrected chi connectivity index (χ4v) is 4.67. The molecule has 0 aliphatic rings. The van der Waals surface area contributed by atoms with E-state index in [4.69, 9.17) is 11.6 Å². The number of halogens is 2. The van der Waals surface area contributed by atoms with Crippen molar-refractivity contribution in [3.8, 4) is 0 Å². The Labute approximate surface area is 218 Å². The average Bonchev–Trinajstić information content (AvgIpc) is 2.82. The summed E-state index contributed by atoms with van der Waals surface area (Å²) in [6, 6.07) is 11.3. The number of amides is 2. The van der Waals surface area contributed by atoms with E-state index in [0.29, 0.717) is 23.6 Å². The van der Waals surface area contributed by atoms with Crippen LogP contribution in [0.15, 0.2) is 48.5 Å². The second-order valence-electron chi connectivity index (χ2n) is 8.96. The monoisotopic (exact) mass is 540 g/mol. The SMILES string of the molecule is CC[C@@H](C(=O)NCC(C)C)N(Cc1ccc(Cl)cc1)C(=O)CN(c1ccccc1F)S(=O)(=O)N(C)C. The minimum atomic E-state index is -4.23. The van der Waals surface area contributed by atoms with Gasteiger partial charge in [-0.2, -0.15) is 12.7 Å². The zero-order chi connectivity index (χ0) is 27.0. The topological polar surface area (TPSA) is 90.0 Å². The van der Waals surface area contributed by atoms with E-state index < -0.39 is 34.5 Å². The molecular weight excluding hydrogens is 507 g/mol. The number of carbonyl (C=O) groups is 2. The number of benzene rings is 2. The van der Waals surface area contributed by atoms with Crippen molar-refractivity contribution < 1.29 is 22.4 Å². The Kier molecular flexibility index (Phi) is 10.7. The number of nitrogens with one attached hydrogen (secondary N) is 1. The van der Waals surface area contributed by atoms with Crippen LogP contribution in [0.4, 0.5) is 10.1 Å². The van der Waals surface area contributed by atoms with Crippen LogP contribution in [-0.4, -0.2) is 62.7 Å². The van der Waals surface area contributed by atoms with Crippen LogP contribution < -0.4 is 9.62 Å². The molecule has 0 aliphatic heterocycles. The van der Waals surface area contributed by atoms with Crippen LogP contribution in [0, 0.1) is 11.7 Å². The molecule has 0 saturated heterocycles. The van der Waals surface area contributed by atoms with Crippen molar-refractivity contribution in [2.24, 2.45) is 5.92 Å². The molecule has 2 amide bonds. The van der Waals surface area contributed by atoms with Gasteiger partial charge in [-0.25, -0.2) is 8.70 Å². The molecule has 1 atom stereocenters. The van der Waals surface area contributed by atoms with Crippen molar-refractivity contribution in [1.82, 2.24) is 14.5 Å². The lowest BCUT2D eigenvalue weighted by molar-refractivity contribution is -0.140. The van der Waals surface area contributed by atoms with Gasteiger partial charge in [-0.05, 0) is 42.2 Å². The largest absolute Gasteiger partial charge is 0.354 e. The Morgan fingerprint density at radius 2 is 1.67 bits per heavy atom. The summed E-state index contributed by atoms with van der Waals surface area (Å²) >= 11 is 6.00. The number of anilines is 1. The second kappa shape index (κ2) is 13.0. The smallest absolute Gasteiger partial charge is 0.304 e. The second-order valence-corrected chi connectivity index (χ2v) is 11.5. The van der Waals surface area contributed by atoms with E-state index in [-0.39, 0.29) is 24.1 Å². The van der Waals surface area contributed by atoms with Gasteiger partial charge in [0.2, 0.25) is 11.8 Å². The van der Waals surface area contributed by atoms with E-state index in [1.54, 1.807) is 31.2 Å². The zero-order valence-electron chi connectivity index (χ0n) is 21.2. The average molecular weight is 541 g/mol. The van der Waals surface area contributed by atoms with E-state index in [2.05, 4.69) is 5.32 Å². The molecule has 2 aromatic rings. The van der Waals surface area contributed by atoms with Crippen molar-refractivity contribution in [2.45, 2.75) is 39.8 Å². The summed E-state index contributed by atoms with van der Waals surface area (Å²) < 4.78 is 42.5. The minimum absolute atomic E-state index is 0.0384. The number of rotatable bonds is 12. The van der Waals surface area contributed by atoms with Crippen molar-refractivity contribution in [3.63, 3.8) is 0 Å². The minimum Gasteiger partial charge on any atom is -0.354 e. The Balaban J connectivity index is 2.49. The fraction of sp³-hybridized carbons (Fsp3) is 0.440. The zero-order valence-corrected chi connectivity index (χ0v) is 22.8. The van der Waals surface area contributed by atoms with E-state index in [0.717, 1.165) is 14.7 Å². The first-order valence-corrected chi connectivity index (χ1v) is 13.4. The first-order valence-electron chi connectivity index (χ1n) is 11.6. The van der Waals surface area contributed by atoms with Crippen LogP contribution in [0.5, 0.6) is 0 Å². The third kappa shape index (κ3) is 7.65. The molecule has 2 rings (SSSR count). The highest BCUT2D eigenvalue weighted by molar-refractivity contribution is 7.90. The fourth-order valence-electron chi connectivity index (χ4n) is 3.48. The lowest BCUT2D eigenvalue weighted by Crippen LogP contribution is -2.53. The van der Waals surface area contributed by atoms with Gasteiger partial charge in [0.05, 0.1) is 5.69 Å². The van der Waals surface area contributed by atoms with Gasteiger partial charge < -0.3 is 10.2 Å². The molecule has 11 heteroatoms. The van der Waals surface area contributed by atoms with Gasteiger partial charge in [-0.1, -0.05) is 56.6 Å². The third-order valence-corrected chi connectivity index (χ3v) is 7.53. The Morgan fingerprint density at radius 1 is 1.06 bits per heavy atom. The highest BCUT2D eigenvalue weighted by Gasteiger charge is 2.34. The number of hydrogen-bond acceptors (Lipinski definition) is 4. The van der Waals surface area contributed by atoms with Crippen LogP contribution >= 0.6 is 11.6 Å². The van der Waals surface area contributed by atoms with Crippen LogP contribution in [-0.2, 0) is 26.3 Å². The quantitative estimate of drug-likeness (QED) is 0.445. The van der Waals surface area contributed by atoms with Crippen molar-refractivity contribution in [3.05, 3.63) is 64.9 Å². The summed E-state index contributed by atoms with van der Waals surface area (Å²) in [5.41, 5.74) is 0.444. The van der Waals surface area contributed by atoms with Gasteiger partial charge in [0.1, 0.15) is 18.4 Å². The maximum absolute atomic E-state index is 14.7. The standard InChI is InChI=1S/C25H34ClFN4O4S/c1-6-22(25(33)28-15-18(2)3)30(16-19-11-13-20(26)14-12-19)24(32)17-31(36(34,35)29(4)5)23-10-8-7-9-21(23)27/h7-14,18,22H,6,15-17H2,1-5H3,(H,28,33)/t22-/m0/s1. The van der Waals surface area contributed by atoms with E-state index in [1.807, 2.05) is 13.8 Å². The van der Waals surface area contributed by atoms with Gasteiger partial charge in [-0.3, -0.25) is 9.59 Å². The van der Waals surface area contributed by atoms with Gasteiger partial charge >= 0.3 is 10.2 Å². The molecular formula is C25H34ClFN4O4S. The molecule has 0 unspecified atom stereocenters. The molecule has 198 valence electrons. The molecule has 36 heavy (non-hydrogen) atoms. The predicted octanol–water partition coefficient (Wildman–Crippen LogP) is 3.67. The Hall–Kier alpha value is -2.69. The molecule has 1 N–H and O–H groups in total. The van der Waals surface area contributed by atoms with Crippen molar-refractivity contribution in [1.29, 1.82) is 0 Å². The van der Waals surface area contributed by atoms with Gasteiger partial charge in [0.15, 0.2) is 0 Å². The van der Waals surface area contributed by atoms with E-state index in [9.17, 15) is 22.4 Å². The maximum Gasteiger partial charge on any atom is 0.304 e. The number of nitrogens with zero attached hydrogens (tertiary/aromatic N) is 3. The Bertz CT molecular complexity index is 1140.